The summed E-state index contributed by atoms with van der Waals surface area (Å²) >= 11 is 1.43. The largest absolute Gasteiger partial charge is 0.494 e. The van der Waals surface area contributed by atoms with Crippen molar-refractivity contribution < 1.29 is 19.0 Å². The normalized spacial score (nSPS) is 11.6. The Labute approximate surface area is 155 Å². The Morgan fingerprint density at radius 3 is 2.69 bits per heavy atom. The zero-order valence-electron chi connectivity index (χ0n) is 15.1. The van der Waals surface area contributed by atoms with Crippen molar-refractivity contribution in [2.45, 2.75) is 6.92 Å². The molecule has 3 rings (SSSR count). The van der Waals surface area contributed by atoms with Crippen molar-refractivity contribution in [1.29, 1.82) is 0 Å². The number of aryl methyl sites for hydroxylation is 1. The summed E-state index contributed by atoms with van der Waals surface area (Å²) in [4.78, 5) is 17.6. The van der Waals surface area contributed by atoms with Gasteiger partial charge in [-0.2, -0.15) is 4.99 Å². The first-order valence-corrected chi connectivity index (χ1v) is 8.93. The zero-order valence-corrected chi connectivity index (χ0v) is 15.9. The Kier molecular flexibility index (Phi) is 5.27. The van der Waals surface area contributed by atoms with Crippen LogP contribution in [0.25, 0.3) is 10.2 Å². The predicted octanol–water partition coefficient (Wildman–Crippen LogP) is 3.40. The van der Waals surface area contributed by atoms with Gasteiger partial charge in [0.1, 0.15) is 5.75 Å². The second-order valence-corrected chi connectivity index (χ2v) is 6.47. The minimum Gasteiger partial charge on any atom is -0.494 e. The molecular formula is C19H20N2O4S. The molecule has 0 unspecified atom stereocenters. The van der Waals surface area contributed by atoms with Crippen molar-refractivity contribution >= 4 is 27.5 Å². The molecule has 0 saturated carbocycles. The summed E-state index contributed by atoms with van der Waals surface area (Å²) in [5.41, 5.74) is 1.35. The molecule has 0 aliphatic carbocycles. The van der Waals surface area contributed by atoms with E-state index in [1.165, 1.54) is 25.6 Å². The van der Waals surface area contributed by atoms with Crippen LogP contribution < -0.4 is 19.0 Å². The fraction of sp³-hybridized carbons (Fsp3) is 0.263. The third kappa shape index (κ3) is 3.30. The minimum absolute atomic E-state index is 0.360. The minimum atomic E-state index is -0.382. The van der Waals surface area contributed by atoms with Gasteiger partial charge in [-0.15, -0.1) is 0 Å². The van der Waals surface area contributed by atoms with E-state index in [0.29, 0.717) is 28.5 Å². The highest BCUT2D eigenvalue weighted by Crippen LogP contribution is 2.31. The van der Waals surface area contributed by atoms with Crippen molar-refractivity contribution in [2.24, 2.45) is 12.0 Å². The van der Waals surface area contributed by atoms with E-state index in [0.717, 1.165) is 16.0 Å². The highest BCUT2D eigenvalue weighted by molar-refractivity contribution is 7.16. The van der Waals surface area contributed by atoms with E-state index in [9.17, 15) is 4.79 Å². The monoisotopic (exact) mass is 372 g/mol. The van der Waals surface area contributed by atoms with Gasteiger partial charge in [0.05, 0.1) is 36.6 Å². The Balaban J connectivity index is 2.07. The lowest BCUT2D eigenvalue weighted by molar-refractivity contribution is 0.0994. The van der Waals surface area contributed by atoms with Crippen molar-refractivity contribution in [3.8, 4) is 17.2 Å². The second-order valence-electron chi connectivity index (χ2n) is 5.46. The SMILES string of the molecule is CCOc1ccc2c(c1)sc(=NC(=O)c1cccc(OC)c1OC)n2C. The lowest BCUT2D eigenvalue weighted by Crippen LogP contribution is -2.13. The van der Waals surface area contributed by atoms with Crippen LogP contribution in [0.1, 0.15) is 17.3 Å². The van der Waals surface area contributed by atoms with Crippen LogP contribution in [-0.2, 0) is 7.05 Å². The molecule has 7 heteroatoms. The molecule has 136 valence electrons. The van der Waals surface area contributed by atoms with Gasteiger partial charge in [-0.25, -0.2) is 0 Å². The maximum atomic E-state index is 12.7. The standard InChI is InChI=1S/C19H20N2O4S/c1-5-25-12-9-10-14-16(11-12)26-19(21(14)2)20-18(22)13-7-6-8-15(23-3)17(13)24-4/h6-11H,5H2,1-4H3. The molecule has 0 fully saturated rings. The van der Waals surface area contributed by atoms with Gasteiger partial charge in [-0.05, 0) is 37.3 Å². The first-order chi connectivity index (χ1) is 12.6. The quantitative estimate of drug-likeness (QED) is 0.689. The van der Waals surface area contributed by atoms with Crippen LogP contribution in [0.15, 0.2) is 41.4 Å². The summed E-state index contributed by atoms with van der Waals surface area (Å²) < 4.78 is 19.0. The van der Waals surface area contributed by atoms with Gasteiger partial charge in [-0.1, -0.05) is 17.4 Å². The van der Waals surface area contributed by atoms with E-state index in [4.69, 9.17) is 14.2 Å². The molecule has 1 aromatic heterocycles. The number of thiazole rings is 1. The molecule has 26 heavy (non-hydrogen) atoms. The lowest BCUT2D eigenvalue weighted by Gasteiger charge is -2.09. The molecule has 0 N–H and O–H groups in total. The number of benzene rings is 2. The van der Waals surface area contributed by atoms with E-state index in [1.54, 1.807) is 18.2 Å². The summed E-state index contributed by atoms with van der Waals surface area (Å²) in [6.07, 6.45) is 0. The predicted molar refractivity (Wildman–Crippen MR) is 101 cm³/mol. The van der Waals surface area contributed by atoms with Gasteiger partial charge in [0.2, 0.25) is 0 Å². The summed E-state index contributed by atoms with van der Waals surface area (Å²) in [6.45, 7) is 2.55. The third-order valence-electron chi connectivity index (χ3n) is 3.92. The van der Waals surface area contributed by atoms with Gasteiger partial charge in [0.15, 0.2) is 16.3 Å². The number of para-hydroxylation sites is 1. The molecule has 0 aliphatic rings. The molecule has 6 nitrogen and oxygen atoms in total. The fourth-order valence-electron chi connectivity index (χ4n) is 2.68. The Morgan fingerprint density at radius 2 is 2.00 bits per heavy atom. The highest BCUT2D eigenvalue weighted by Gasteiger charge is 2.16. The highest BCUT2D eigenvalue weighted by atomic mass is 32.1. The Morgan fingerprint density at radius 1 is 1.19 bits per heavy atom. The van der Waals surface area contributed by atoms with E-state index >= 15 is 0 Å². The lowest BCUT2D eigenvalue weighted by atomic mass is 10.2. The zero-order chi connectivity index (χ0) is 18.7. The number of methoxy groups -OCH3 is 2. The number of ether oxygens (including phenoxy) is 3. The van der Waals surface area contributed by atoms with Crippen LogP contribution in [0, 0.1) is 0 Å². The molecule has 0 spiro atoms. The topological polar surface area (TPSA) is 62.1 Å². The van der Waals surface area contributed by atoms with E-state index in [-0.39, 0.29) is 5.91 Å². The summed E-state index contributed by atoms with van der Waals surface area (Å²) in [6, 6.07) is 11.0. The van der Waals surface area contributed by atoms with E-state index in [1.807, 2.05) is 36.7 Å². The van der Waals surface area contributed by atoms with Gasteiger partial charge >= 0.3 is 0 Å². The molecule has 0 bridgehead atoms. The maximum absolute atomic E-state index is 12.7. The number of hydrogen-bond donors (Lipinski definition) is 0. The molecule has 0 aliphatic heterocycles. The molecule has 0 saturated heterocycles. The number of fused-ring (bicyclic) bond motifs is 1. The molecule has 1 heterocycles. The molecule has 0 atom stereocenters. The Bertz CT molecular complexity index is 1020. The number of hydrogen-bond acceptors (Lipinski definition) is 5. The maximum Gasteiger partial charge on any atom is 0.283 e. The molecular weight excluding hydrogens is 352 g/mol. The molecule has 0 radical (unpaired) electrons. The van der Waals surface area contributed by atoms with Crippen LogP contribution >= 0.6 is 11.3 Å². The van der Waals surface area contributed by atoms with Gasteiger partial charge in [-0.3, -0.25) is 4.79 Å². The Hall–Kier alpha value is -2.80. The third-order valence-corrected chi connectivity index (χ3v) is 5.02. The number of amides is 1. The van der Waals surface area contributed by atoms with E-state index < -0.39 is 0 Å². The molecule has 1 amide bonds. The van der Waals surface area contributed by atoms with E-state index in [2.05, 4.69) is 4.99 Å². The summed E-state index contributed by atoms with van der Waals surface area (Å²) in [5.74, 6) is 1.30. The molecule has 2 aromatic carbocycles. The smallest absolute Gasteiger partial charge is 0.283 e. The fourth-order valence-corrected chi connectivity index (χ4v) is 3.73. The number of rotatable bonds is 5. The average Bonchev–Trinajstić information content (AvgIpc) is 2.96. The van der Waals surface area contributed by atoms with Crippen LogP contribution in [0.5, 0.6) is 17.2 Å². The number of nitrogens with zero attached hydrogens (tertiary/aromatic N) is 2. The summed E-state index contributed by atoms with van der Waals surface area (Å²) in [7, 11) is 4.92. The summed E-state index contributed by atoms with van der Waals surface area (Å²) in [5, 5.41) is 0. The van der Waals surface area contributed by atoms with Gasteiger partial charge in [0, 0.05) is 7.05 Å². The van der Waals surface area contributed by atoms with Crippen molar-refractivity contribution in [1.82, 2.24) is 4.57 Å². The van der Waals surface area contributed by atoms with Crippen molar-refractivity contribution in [3.63, 3.8) is 0 Å². The van der Waals surface area contributed by atoms with Gasteiger partial charge in [0.25, 0.3) is 5.91 Å². The molecule has 3 aromatic rings. The average molecular weight is 372 g/mol. The van der Waals surface area contributed by atoms with Crippen LogP contribution in [0.3, 0.4) is 0 Å². The van der Waals surface area contributed by atoms with Crippen LogP contribution in [0.2, 0.25) is 0 Å². The van der Waals surface area contributed by atoms with Crippen LogP contribution in [-0.4, -0.2) is 31.3 Å². The van der Waals surface area contributed by atoms with Crippen molar-refractivity contribution in [2.75, 3.05) is 20.8 Å². The van der Waals surface area contributed by atoms with Gasteiger partial charge < -0.3 is 18.8 Å². The first-order valence-electron chi connectivity index (χ1n) is 8.11. The second kappa shape index (κ2) is 7.61. The number of aromatic nitrogens is 1. The van der Waals surface area contributed by atoms with Crippen LogP contribution in [0.4, 0.5) is 0 Å². The number of carbonyl (C=O) groups is 1. The first kappa shape index (κ1) is 18.0. The number of carbonyl (C=O) groups excluding carboxylic acids is 1. The van der Waals surface area contributed by atoms with Crippen molar-refractivity contribution in [3.05, 3.63) is 46.8 Å².